The summed E-state index contributed by atoms with van der Waals surface area (Å²) in [6.07, 6.45) is 8.68. The molecule has 1 aromatic carbocycles. The van der Waals surface area contributed by atoms with Crippen molar-refractivity contribution in [2.75, 3.05) is 25.0 Å². The molecule has 1 aliphatic carbocycles. The van der Waals surface area contributed by atoms with E-state index in [1.165, 1.54) is 16.8 Å². The fourth-order valence-electron chi connectivity index (χ4n) is 4.98. The number of piperidine rings is 1. The number of fused-ring (bicyclic) bond motifs is 2. The number of anilines is 1. The van der Waals surface area contributed by atoms with Crippen molar-refractivity contribution in [2.45, 2.75) is 44.4 Å². The molecule has 1 saturated heterocycles. The summed E-state index contributed by atoms with van der Waals surface area (Å²) in [5, 5.41) is 10.5. The quantitative estimate of drug-likeness (QED) is 0.666. The zero-order valence-corrected chi connectivity index (χ0v) is 17.9. The number of carbonyl (C=O) groups excluding carboxylic acids is 1. The largest absolute Gasteiger partial charge is 0.369 e. The third kappa shape index (κ3) is 3.80. The van der Waals surface area contributed by atoms with Crippen LogP contribution < -0.4 is 5.32 Å². The summed E-state index contributed by atoms with van der Waals surface area (Å²) in [6.45, 7) is 4.08. The highest BCUT2D eigenvalue weighted by atomic mass is 16.2. The fraction of sp³-hybridized carbons (Fsp3) is 0.417. The van der Waals surface area contributed by atoms with Crippen LogP contribution in [0, 0.1) is 0 Å². The second kappa shape index (κ2) is 8.13. The molecule has 0 saturated carbocycles. The van der Waals surface area contributed by atoms with Gasteiger partial charge in [-0.3, -0.25) is 9.89 Å². The molecule has 160 valence electrons. The molecule has 31 heavy (non-hydrogen) atoms. The Morgan fingerprint density at radius 3 is 2.68 bits per heavy atom. The highest BCUT2D eigenvalue weighted by Gasteiger charge is 2.44. The molecule has 3 aromatic rings. The second-order valence-electron chi connectivity index (χ2n) is 8.66. The first-order chi connectivity index (χ1) is 15.1. The molecule has 0 bridgehead atoms. The van der Waals surface area contributed by atoms with E-state index in [0.29, 0.717) is 0 Å². The number of amides is 1. The molecular formula is C24H28N6O. The monoisotopic (exact) mass is 416 g/mol. The van der Waals surface area contributed by atoms with E-state index < -0.39 is 0 Å². The number of aromatic nitrogens is 4. The fourth-order valence-corrected chi connectivity index (χ4v) is 4.98. The van der Waals surface area contributed by atoms with Gasteiger partial charge in [-0.1, -0.05) is 30.3 Å². The molecular weight excluding hydrogens is 388 g/mol. The Morgan fingerprint density at radius 1 is 1.16 bits per heavy atom. The van der Waals surface area contributed by atoms with Gasteiger partial charge in [0.2, 0.25) is 5.91 Å². The number of aromatic amines is 1. The summed E-state index contributed by atoms with van der Waals surface area (Å²) in [5.74, 6) is 1.90. The molecule has 3 heterocycles. The van der Waals surface area contributed by atoms with Crippen LogP contribution in [0.4, 0.5) is 5.82 Å². The van der Waals surface area contributed by atoms with Crippen LogP contribution in [0.1, 0.15) is 43.0 Å². The first-order valence-corrected chi connectivity index (χ1v) is 11.1. The van der Waals surface area contributed by atoms with Crippen LogP contribution in [-0.4, -0.2) is 50.6 Å². The molecule has 5 rings (SSSR count). The topological polar surface area (TPSA) is 86.8 Å². The van der Waals surface area contributed by atoms with Crippen LogP contribution in [0.3, 0.4) is 0 Å². The molecule has 7 nitrogen and oxygen atoms in total. The van der Waals surface area contributed by atoms with Gasteiger partial charge in [0.15, 0.2) is 5.82 Å². The number of benzene rings is 1. The molecule has 1 fully saturated rings. The van der Waals surface area contributed by atoms with E-state index >= 15 is 0 Å². The number of hydrogen-bond acceptors (Lipinski definition) is 5. The van der Waals surface area contributed by atoms with Crippen LogP contribution in [0.25, 0.3) is 11.4 Å². The number of H-pyrrole nitrogens is 1. The lowest BCUT2D eigenvalue weighted by atomic mass is 9.76. The maximum atomic E-state index is 11.8. The predicted octanol–water partition coefficient (Wildman–Crippen LogP) is 3.35. The lowest BCUT2D eigenvalue weighted by Gasteiger charge is -2.39. The molecule has 2 N–H and O–H groups in total. The van der Waals surface area contributed by atoms with Crippen molar-refractivity contribution < 1.29 is 4.79 Å². The Hall–Kier alpha value is -3.22. The molecule has 1 aliphatic heterocycles. The van der Waals surface area contributed by atoms with Crippen molar-refractivity contribution in [3.63, 3.8) is 0 Å². The van der Waals surface area contributed by atoms with E-state index in [0.717, 1.165) is 68.9 Å². The van der Waals surface area contributed by atoms with Crippen molar-refractivity contribution in [3.8, 4) is 11.4 Å². The molecule has 2 aromatic heterocycles. The van der Waals surface area contributed by atoms with E-state index in [4.69, 9.17) is 9.97 Å². The van der Waals surface area contributed by atoms with E-state index in [1.807, 2.05) is 35.5 Å². The highest BCUT2D eigenvalue weighted by Crippen LogP contribution is 2.47. The van der Waals surface area contributed by atoms with Crippen molar-refractivity contribution in [1.82, 2.24) is 25.1 Å². The average molecular weight is 417 g/mol. The molecule has 1 spiro atoms. The van der Waals surface area contributed by atoms with Crippen LogP contribution in [-0.2, 0) is 23.1 Å². The lowest BCUT2D eigenvalue weighted by Crippen LogP contribution is -2.43. The molecule has 0 radical (unpaired) electrons. The maximum absolute atomic E-state index is 11.8. The van der Waals surface area contributed by atoms with Crippen LogP contribution in [0.5, 0.6) is 0 Å². The number of nitrogens with zero attached hydrogens (tertiary/aromatic N) is 4. The standard InChI is InChI=1S/C24H28N6O/c1-17(31)30-13-10-24(11-14-30)9-7-20-21(24)28-22(19-5-3-2-4-6-19)29-23(20)25-12-8-18-15-26-27-16-18/h2-6,15-16H,7-14H2,1H3,(H,26,27)(H,25,28,29). The van der Waals surface area contributed by atoms with Gasteiger partial charge in [0.05, 0.1) is 11.9 Å². The van der Waals surface area contributed by atoms with Crippen LogP contribution in [0.15, 0.2) is 42.7 Å². The maximum Gasteiger partial charge on any atom is 0.219 e. The number of likely N-dealkylation sites (tertiary alicyclic amines) is 1. The van der Waals surface area contributed by atoms with Crippen molar-refractivity contribution >= 4 is 11.7 Å². The van der Waals surface area contributed by atoms with Gasteiger partial charge in [-0.15, -0.1) is 0 Å². The summed E-state index contributed by atoms with van der Waals surface area (Å²) >= 11 is 0. The molecule has 2 aliphatic rings. The van der Waals surface area contributed by atoms with Gasteiger partial charge < -0.3 is 10.2 Å². The predicted molar refractivity (Wildman–Crippen MR) is 120 cm³/mol. The van der Waals surface area contributed by atoms with Gasteiger partial charge >= 0.3 is 0 Å². The first-order valence-electron chi connectivity index (χ1n) is 11.1. The van der Waals surface area contributed by atoms with Gasteiger partial charge in [-0.25, -0.2) is 9.97 Å². The number of rotatable bonds is 5. The van der Waals surface area contributed by atoms with Crippen LogP contribution >= 0.6 is 0 Å². The average Bonchev–Trinajstić information content (AvgIpc) is 3.44. The third-order valence-corrected chi connectivity index (χ3v) is 6.82. The van der Waals surface area contributed by atoms with E-state index in [-0.39, 0.29) is 11.3 Å². The summed E-state index contributed by atoms with van der Waals surface area (Å²) in [7, 11) is 0. The van der Waals surface area contributed by atoms with E-state index in [2.05, 4.69) is 27.6 Å². The Bertz CT molecular complexity index is 1060. The molecule has 7 heteroatoms. The second-order valence-corrected chi connectivity index (χ2v) is 8.66. The smallest absolute Gasteiger partial charge is 0.219 e. The summed E-state index contributed by atoms with van der Waals surface area (Å²) in [6, 6.07) is 10.2. The van der Waals surface area contributed by atoms with E-state index in [9.17, 15) is 4.79 Å². The van der Waals surface area contributed by atoms with Gasteiger partial charge in [0.25, 0.3) is 0 Å². The summed E-state index contributed by atoms with van der Waals surface area (Å²) in [4.78, 5) is 23.9. The minimum atomic E-state index is 0.0503. The minimum absolute atomic E-state index is 0.0503. The minimum Gasteiger partial charge on any atom is -0.369 e. The van der Waals surface area contributed by atoms with E-state index in [1.54, 1.807) is 6.92 Å². The third-order valence-electron chi connectivity index (χ3n) is 6.82. The molecule has 0 unspecified atom stereocenters. The number of nitrogens with one attached hydrogen (secondary N) is 2. The zero-order valence-electron chi connectivity index (χ0n) is 17.9. The normalized spacial score (nSPS) is 17.0. The SMILES string of the molecule is CC(=O)N1CCC2(CCc3c(NCCc4cn[nH]c4)nc(-c4ccccc4)nc32)CC1. The highest BCUT2D eigenvalue weighted by molar-refractivity contribution is 5.73. The van der Waals surface area contributed by atoms with Gasteiger partial charge in [-0.05, 0) is 37.7 Å². The van der Waals surface area contributed by atoms with Gasteiger partial charge in [0.1, 0.15) is 5.82 Å². The number of carbonyl (C=O) groups is 1. The zero-order chi connectivity index (χ0) is 21.3. The Morgan fingerprint density at radius 2 is 1.97 bits per heavy atom. The van der Waals surface area contributed by atoms with Crippen molar-refractivity contribution in [2.24, 2.45) is 0 Å². The van der Waals surface area contributed by atoms with Crippen molar-refractivity contribution in [3.05, 3.63) is 59.5 Å². The summed E-state index contributed by atoms with van der Waals surface area (Å²) < 4.78 is 0. The van der Waals surface area contributed by atoms with Gasteiger partial charge in [-0.2, -0.15) is 5.10 Å². The summed E-state index contributed by atoms with van der Waals surface area (Å²) in [5.41, 5.74) is 4.70. The molecule has 0 atom stereocenters. The number of hydrogen-bond donors (Lipinski definition) is 2. The Balaban J connectivity index is 1.47. The first kappa shape index (κ1) is 19.7. The Labute approximate surface area is 182 Å². The van der Waals surface area contributed by atoms with Crippen LogP contribution in [0.2, 0.25) is 0 Å². The van der Waals surface area contributed by atoms with Gasteiger partial charge in [0, 0.05) is 49.3 Å². The Kier molecular flexibility index (Phi) is 5.18. The lowest BCUT2D eigenvalue weighted by molar-refractivity contribution is -0.130. The molecule has 1 amide bonds. The van der Waals surface area contributed by atoms with Crippen molar-refractivity contribution in [1.29, 1.82) is 0 Å².